The number of nitrogen functional groups attached to an aromatic ring is 1. The highest BCUT2D eigenvalue weighted by Gasteiger charge is 2.41. The smallest absolute Gasteiger partial charge is 0.243 e. The lowest BCUT2D eigenvalue weighted by molar-refractivity contribution is 0.202. The fourth-order valence-corrected chi connectivity index (χ4v) is 5.66. The molecule has 110 valence electrons. The van der Waals surface area contributed by atoms with E-state index in [4.69, 9.17) is 5.73 Å². The topological polar surface area (TPSA) is 63.4 Å². The van der Waals surface area contributed by atoms with E-state index < -0.39 is 10.0 Å². The number of aryl methyl sites for hydroxylation is 1. The van der Waals surface area contributed by atoms with E-state index in [1.807, 2.05) is 6.92 Å². The lowest BCUT2D eigenvalue weighted by Gasteiger charge is -2.36. The van der Waals surface area contributed by atoms with Gasteiger partial charge in [-0.25, -0.2) is 8.42 Å². The van der Waals surface area contributed by atoms with Crippen LogP contribution >= 0.6 is 0 Å². The molecule has 0 spiro atoms. The van der Waals surface area contributed by atoms with Crippen LogP contribution in [0.4, 0.5) is 5.69 Å². The molecule has 2 atom stereocenters. The highest BCUT2D eigenvalue weighted by molar-refractivity contribution is 7.89. The first-order valence-electron chi connectivity index (χ1n) is 7.37. The van der Waals surface area contributed by atoms with Crippen LogP contribution in [-0.4, -0.2) is 25.3 Å². The van der Waals surface area contributed by atoms with Gasteiger partial charge in [0, 0.05) is 18.3 Å². The van der Waals surface area contributed by atoms with Crippen molar-refractivity contribution in [3.8, 4) is 0 Å². The van der Waals surface area contributed by atoms with Gasteiger partial charge in [0.2, 0.25) is 10.0 Å². The van der Waals surface area contributed by atoms with E-state index in [9.17, 15) is 8.42 Å². The minimum Gasteiger partial charge on any atom is -0.399 e. The maximum absolute atomic E-state index is 12.9. The fourth-order valence-electron chi connectivity index (χ4n) is 3.77. The van der Waals surface area contributed by atoms with Crippen LogP contribution in [0.5, 0.6) is 0 Å². The van der Waals surface area contributed by atoms with Gasteiger partial charge in [-0.15, -0.1) is 0 Å². The van der Waals surface area contributed by atoms with E-state index in [-0.39, 0.29) is 6.04 Å². The number of rotatable bonds is 2. The van der Waals surface area contributed by atoms with Crippen molar-refractivity contribution in [2.24, 2.45) is 5.92 Å². The fraction of sp³-hybridized carbons (Fsp3) is 0.600. The quantitative estimate of drug-likeness (QED) is 0.853. The zero-order valence-electron chi connectivity index (χ0n) is 11.9. The van der Waals surface area contributed by atoms with Crippen molar-refractivity contribution < 1.29 is 8.42 Å². The zero-order valence-corrected chi connectivity index (χ0v) is 12.7. The van der Waals surface area contributed by atoms with Crippen molar-refractivity contribution in [2.45, 2.75) is 50.0 Å². The molecule has 4 nitrogen and oxygen atoms in total. The van der Waals surface area contributed by atoms with Gasteiger partial charge < -0.3 is 5.73 Å². The third-order valence-electron chi connectivity index (χ3n) is 4.62. The summed E-state index contributed by atoms with van der Waals surface area (Å²) >= 11 is 0. The Kier molecular flexibility index (Phi) is 3.50. The summed E-state index contributed by atoms with van der Waals surface area (Å²) in [6.07, 6.45) is 5.48. The maximum atomic E-state index is 12.9. The minimum atomic E-state index is -3.41. The van der Waals surface area contributed by atoms with Crippen molar-refractivity contribution >= 4 is 15.7 Å². The van der Waals surface area contributed by atoms with Gasteiger partial charge in [0.15, 0.2) is 0 Å². The first kappa shape index (κ1) is 13.9. The minimum absolute atomic E-state index is 0.204. The number of piperidine rings is 1. The lowest BCUT2D eigenvalue weighted by Crippen LogP contribution is -2.46. The molecule has 5 heteroatoms. The number of hydrogen-bond donors (Lipinski definition) is 1. The molecular formula is C15H22N2O2S. The molecule has 0 radical (unpaired) electrons. The Hall–Kier alpha value is -1.07. The largest absolute Gasteiger partial charge is 0.399 e. The molecule has 3 rings (SSSR count). The second kappa shape index (κ2) is 5.04. The number of benzene rings is 1. The Morgan fingerprint density at radius 1 is 1.15 bits per heavy atom. The molecule has 0 bridgehead atoms. The molecule has 1 heterocycles. The average molecular weight is 294 g/mol. The SMILES string of the molecule is Cc1cc(N)cc(S(=O)(=O)N2CCCC3CCCC32)c1. The Balaban J connectivity index is 1.98. The number of nitrogens with zero attached hydrogens (tertiary/aromatic N) is 1. The third kappa shape index (κ3) is 2.33. The summed E-state index contributed by atoms with van der Waals surface area (Å²) in [6.45, 7) is 2.53. The van der Waals surface area contributed by atoms with Crippen LogP contribution in [-0.2, 0) is 10.0 Å². The van der Waals surface area contributed by atoms with Gasteiger partial charge in [0.25, 0.3) is 0 Å². The van der Waals surface area contributed by atoms with Crippen molar-refractivity contribution in [1.82, 2.24) is 4.31 Å². The Morgan fingerprint density at radius 3 is 2.65 bits per heavy atom. The monoisotopic (exact) mass is 294 g/mol. The summed E-state index contributed by atoms with van der Waals surface area (Å²) in [7, 11) is -3.41. The molecule has 1 aliphatic heterocycles. The molecule has 1 aromatic rings. The molecule has 0 amide bonds. The first-order chi connectivity index (χ1) is 9.48. The molecule has 0 aromatic heterocycles. The molecular weight excluding hydrogens is 272 g/mol. The second-order valence-electron chi connectivity index (χ2n) is 6.10. The van der Waals surface area contributed by atoms with Crippen LogP contribution in [0.3, 0.4) is 0 Å². The Labute approximate surface area is 121 Å². The van der Waals surface area contributed by atoms with Gasteiger partial charge in [-0.05, 0) is 62.3 Å². The van der Waals surface area contributed by atoms with E-state index in [1.54, 1.807) is 22.5 Å². The van der Waals surface area contributed by atoms with Crippen molar-refractivity contribution in [1.29, 1.82) is 0 Å². The van der Waals surface area contributed by atoms with E-state index in [0.29, 0.717) is 23.0 Å². The van der Waals surface area contributed by atoms with E-state index >= 15 is 0 Å². The van der Waals surface area contributed by atoms with Crippen LogP contribution in [0.25, 0.3) is 0 Å². The first-order valence-corrected chi connectivity index (χ1v) is 8.81. The Bertz CT molecular complexity index is 592. The van der Waals surface area contributed by atoms with Crippen molar-refractivity contribution in [3.05, 3.63) is 23.8 Å². The summed E-state index contributed by atoms with van der Waals surface area (Å²) in [5.74, 6) is 0.556. The predicted molar refractivity (Wildman–Crippen MR) is 79.8 cm³/mol. The summed E-state index contributed by atoms with van der Waals surface area (Å²) in [6, 6.07) is 5.31. The summed E-state index contributed by atoms with van der Waals surface area (Å²) in [5, 5.41) is 0. The van der Waals surface area contributed by atoms with Crippen LogP contribution < -0.4 is 5.73 Å². The third-order valence-corrected chi connectivity index (χ3v) is 6.52. The molecule has 2 unspecified atom stereocenters. The van der Waals surface area contributed by atoms with Gasteiger partial charge >= 0.3 is 0 Å². The maximum Gasteiger partial charge on any atom is 0.243 e. The molecule has 2 N–H and O–H groups in total. The van der Waals surface area contributed by atoms with E-state index in [1.165, 1.54) is 12.8 Å². The summed E-state index contributed by atoms with van der Waals surface area (Å²) < 4.78 is 27.5. The summed E-state index contributed by atoms with van der Waals surface area (Å²) in [4.78, 5) is 0.350. The average Bonchev–Trinajstić information content (AvgIpc) is 2.85. The van der Waals surface area contributed by atoms with Crippen LogP contribution in [0.15, 0.2) is 23.1 Å². The summed E-state index contributed by atoms with van der Waals surface area (Å²) in [5.41, 5.74) is 7.22. The van der Waals surface area contributed by atoms with Gasteiger partial charge in [-0.2, -0.15) is 4.31 Å². The normalized spacial score (nSPS) is 27.4. The van der Waals surface area contributed by atoms with Gasteiger partial charge in [0.05, 0.1) is 4.90 Å². The molecule has 1 aromatic carbocycles. The highest BCUT2D eigenvalue weighted by atomic mass is 32.2. The molecule has 1 aliphatic carbocycles. The van der Waals surface area contributed by atoms with Gasteiger partial charge in [0.1, 0.15) is 0 Å². The van der Waals surface area contributed by atoms with Crippen molar-refractivity contribution in [2.75, 3.05) is 12.3 Å². The van der Waals surface area contributed by atoms with Crippen LogP contribution in [0.1, 0.15) is 37.7 Å². The lowest BCUT2D eigenvalue weighted by atomic mass is 9.94. The number of sulfonamides is 1. The van der Waals surface area contributed by atoms with Crippen LogP contribution in [0.2, 0.25) is 0 Å². The van der Waals surface area contributed by atoms with Crippen LogP contribution in [0, 0.1) is 12.8 Å². The Morgan fingerprint density at radius 2 is 1.90 bits per heavy atom. The number of fused-ring (bicyclic) bond motifs is 1. The second-order valence-corrected chi connectivity index (χ2v) is 7.99. The predicted octanol–water partition coefficient (Wildman–Crippen LogP) is 2.53. The van der Waals surface area contributed by atoms with Gasteiger partial charge in [-0.1, -0.05) is 6.42 Å². The molecule has 20 heavy (non-hydrogen) atoms. The zero-order chi connectivity index (χ0) is 14.3. The molecule has 1 saturated heterocycles. The molecule has 2 aliphatic rings. The standard InChI is InChI=1S/C15H22N2O2S/c1-11-8-13(16)10-14(9-11)20(18,19)17-7-3-5-12-4-2-6-15(12)17/h8-10,12,15H,2-7,16H2,1H3. The molecule has 1 saturated carbocycles. The number of nitrogens with two attached hydrogens (primary N) is 1. The van der Waals surface area contributed by atoms with E-state index in [2.05, 4.69) is 0 Å². The van der Waals surface area contributed by atoms with Gasteiger partial charge in [-0.3, -0.25) is 0 Å². The molecule has 2 fully saturated rings. The van der Waals surface area contributed by atoms with E-state index in [0.717, 1.165) is 24.8 Å². The number of hydrogen-bond acceptors (Lipinski definition) is 3. The van der Waals surface area contributed by atoms with Crippen molar-refractivity contribution in [3.63, 3.8) is 0 Å². The highest BCUT2D eigenvalue weighted by Crippen LogP contribution is 2.39. The number of anilines is 1.